The Morgan fingerprint density at radius 3 is 2.62 bits per heavy atom. The van der Waals surface area contributed by atoms with E-state index in [-0.39, 0.29) is 17.9 Å². The molecule has 1 unspecified atom stereocenters. The van der Waals surface area contributed by atoms with E-state index < -0.39 is 16.9 Å². The van der Waals surface area contributed by atoms with E-state index in [0.717, 1.165) is 11.1 Å². The van der Waals surface area contributed by atoms with Gasteiger partial charge in [-0.3, -0.25) is 19.5 Å². The maximum absolute atomic E-state index is 13.7. The number of aromatic nitrogens is 1. The number of esters is 1. The van der Waals surface area contributed by atoms with Crippen molar-refractivity contribution in [3.05, 3.63) is 118 Å². The summed E-state index contributed by atoms with van der Waals surface area (Å²) in [5.74, 6) is 0.344. The maximum Gasteiger partial charge on any atom is 0.338 e. The number of aryl methyl sites for hydroxylation is 1. The quantitative estimate of drug-likeness (QED) is 0.200. The van der Waals surface area contributed by atoms with Crippen molar-refractivity contribution >= 4 is 29.1 Å². The summed E-state index contributed by atoms with van der Waals surface area (Å²) in [4.78, 5) is 42.8. The highest BCUT2D eigenvalue weighted by Gasteiger charge is 2.33. The van der Waals surface area contributed by atoms with Crippen molar-refractivity contribution in [2.75, 3.05) is 6.61 Å². The summed E-state index contributed by atoms with van der Waals surface area (Å²) in [7, 11) is 0. The van der Waals surface area contributed by atoms with Crippen molar-refractivity contribution in [1.82, 2.24) is 4.57 Å². The Balaban J connectivity index is 1.61. The lowest BCUT2D eigenvalue weighted by Crippen LogP contribution is -2.39. The van der Waals surface area contributed by atoms with Crippen molar-refractivity contribution in [3.8, 4) is 11.3 Å². The lowest BCUT2D eigenvalue weighted by Gasteiger charge is -2.24. The van der Waals surface area contributed by atoms with Crippen molar-refractivity contribution in [1.29, 1.82) is 0 Å². The summed E-state index contributed by atoms with van der Waals surface area (Å²) in [5.41, 5.74) is 3.22. The van der Waals surface area contributed by atoms with Crippen LogP contribution < -0.4 is 14.9 Å². The second-order valence-corrected chi connectivity index (χ2v) is 10.1. The van der Waals surface area contributed by atoms with Gasteiger partial charge in [0, 0.05) is 23.3 Å². The molecule has 0 aliphatic carbocycles. The zero-order chi connectivity index (χ0) is 27.8. The minimum absolute atomic E-state index is 0.0185. The first-order chi connectivity index (χ1) is 18.7. The van der Waals surface area contributed by atoms with E-state index in [4.69, 9.17) is 9.15 Å². The highest BCUT2D eigenvalue weighted by Crippen LogP contribution is 2.32. The van der Waals surface area contributed by atoms with Crippen molar-refractivity contribution in [3.63, 3.8) is 0 Å². The lowest BCUT2D eigenvalue weighted by atomic mass is 9.96. The molecule has 10 heteroatoms. The average Bonchev–Trinajstić information content (AvgIpc) is 3.49. The summed E-state index contributed by atoms with van der Waals surface area (Å²) < 4.78 is 13.2. The smallest absolute Gasteiger partial charge is 0.338 e. The normalized spacial score (nSPS) is 15.2. The van der Waals surface area contributed by atoms with Crippen molar-refractivity contribution in [2.45, 2.75) is 33.7 Å². The van der Waals surface area contributed by atoms with E-state index >= 15 is 0 Å². The zero-order valence-electron chi connectivity index (χ0n) is 21.8. The second kappa shape index (κ2) is 10.3. The van der Waals surface area contributed by atoms with Crippen LogP contribution in [0.4, 0.5) is 5.69 Å². The molecule has 0 fully saturated rings. The number of rotatable bonds is 6. The third-order valence-electron chi connectivity index (χ3n) is 6.65. The molecular weight excluding hydrogens is 518 g/mol. The van der Waals surface area contributed by atoms with Crippen LogP contribution in [0.2, 0.25) is 0 Å². The maximum atomic E-state index is 13.7. The van der Waals surface area contributed by atoms with Crippen LogP contribution in [0.15, 0.2) is 80.1 Å². The van der Waals surface area contributed by atoms with E-state index in [9.17, 15) is 19.7 Å². The molecule has 3 heterocycles. The third kappa shape index (κ3) is 4.74. The number of furan rings is 1. The molecule has 1 atom stereocenters. The molecule has 2 aromatic heterocycles. The van der Waals surface area contributed by atoms with Crippen LogP contribution >= 0.6 is 11.3 Å². The molecule has 1 aliphatic rings. The first-order valence-electron chi connectivity index (χ1n) is 12.3. The average molecular weight is 544 g/mol. The number of nitrogens with zero attached hydrogens (tertiary/aromatic N) is 3. The molecule has 0 radical (unpaired) electrons. The summed E-state index contributed by atoms with van der Waals surface area (Å²) >= 11 is 1.19. The summed E-state index contributed by atoms with van der Waals surface area (Å²) in [6.45, 7) is 7.19. The van der Waals surface area contributed by atoms with Gasteiger partial charge in [-0.05, 0) is 57.0 Å². The minimum Gasteiger partial charge on any atom is -0.463 e. The predicted octanol–water partition coefficient (Wildman–Crippen LogP) is 4.58. The molecule has 0 saturated heterocycles. The Hall–Kier alpha value is -4.57. The molecule has 0 bridgehead atoms. The standard InChI is InChI=1S/C29H25N3O6S/c1-5-37-28(34)25-18(4)30-29-31(26(25)19-9-7-6-8-10-19)27(33)24(39-29)15-21-11-12-23(38-21)20-13-16(2)17(3)22(14-20)32(35)36/h6-15,26H,5H2,1-4H3/b24-15-. The molecule has 1 aliphatic heterocycles. The Kier molecular flexibility index (Phi) is 6.88. The molecule has 0 saturated carbocycles. The fraction of sp³-hybridized carbons (Fsp3) is 0.207. The van der Waals surface area contributed by atoms with Gasteiger partial charge in [-0.1, -0.05) is 41.7 Å². The number of nitro groups is 1. The number of allylic oxidation sites excluding steroid dienone is 1. The molecule has 0 N–H and O–H groups in total. The van der Waals surface area contributed by atoms with Crippen LogP contribution in [-0.4, -0.2) is 22.1 Å². The predicted molar refractivity (Wildman–Crippen MR) is 147 cm³/mol. The first kappa shape index (κ1) is 26.1. The fourth-order valence-electron chi connectivity index (χ4n) is 4.63. The van der Waals surface area contributed by atoms with E-state index in [2.05, 4.69) is 4.99 Å². The number of carbonyl (C=O) groups is 1. The Bertz CT molecular complexity index is 1830. The second-order valence-electron chi connectivity index (χ2n) is 9.11. The van der Waals surface area contributed by atoms with Gasteiger partial charge in [0.05, 0.1) is 33.4 Å². The molecule has 9 nitrogen and oxygen atoms in total. The molecule has 4 aromatic rings. The van der Waals surface area contributed by atoms with Crippen LogP contribution in [0.5, 0.6) is 0 Å². The Morgan fingerprint density at radius 1 is 1.18 bits per heavy atom. The molecule has 39 heavy (non-hydrogen) atoms. The van der Waals surface area contributed by atoms with Gasteiger partial charge in [0.15, 0.2) is 4.80 Å². The zero-order valence-corrected chi connectivity index (χ0v) is 22.6. The number of nitro benzene ring substituents is 1. The summed E-state index contributed by atoms with van der Waals surface area (Å²) in [5, 5.41) is 11.5. The van der Waals surface area contributed by atoms with Crippen LogP contribution in [-0.2, 0) is 9.53 Å². The number of fused-ring (bicyclic) bond motifs is 1. The SMILES string of the molecule is CCOC(=O)C1=C(C)N=c2s/c(=C\c3ccc(-c4cc(C)c(C)c([N+](=O)[O-])c4)o3)c(=O)n2C1c1ccccc1. The van der Waals surface area contributed by atoms with Crippen LogP contribution in [0.1, 0.15) is 42.3 Å². The van der Waals surface area contributed by atoms with Gasteiger partial charge in [0.25, 0.3) is 11.2 Å². The summed E-state index contributed by atoms with van der Waals surface area (Å²) in [6.07, 6.45) is 1.62. The number of hydrogen-bond acceptors (Lipinski definition) is 8. The van der Waals surface area contributed by atoms with E-state index in [1.807, 2.05) is 43.3 Å². The van der Waals surface area contributed by atoms with Gasteiger partial charge in [0.1, 0.15) is 11.5 Å². The molecular formula is C29H25N3O6S. The first-order valence-corrected chi connectivity index (χ1v) is 13.1. The van der Waals surface area contributed by atoms with Crippen molar-refractivity contribution < 1.29 is 18.9 Å². The largest absolute Gasteiger partial charge is 0.463 e. The lowest BCUT2D eigenvalue weighted by molar-refractivity contribution is -0.385. The highest BCUT2D eigenvalue weighted by molar-refractivity contribution is 7.07. The fourth-order valence-corrected chi connectivity index (χ4v) is 5.66. The van der Waals surface area contributed by atoms with Gasteiger partial charge in [-0.15, -0.1) is 0 Å². The van der Waals surface area contributed by atoms with E-state index in [1.54, 1.807) is 39.0 Å². The topological polar surface area (TPSA) is 117 Å². The van der Waals surface area contributed by atoms with Gasteiger partial charge in [-0.25, -0.2) is 9.79 Å². The Morgan fingerprint density at radius 2 is 1.92 bits per heavy atom. The van der Waals surface area contributed by atoms with Gasteiger partial charge in [-0.2, -0.15) is 0 Å². The van der Waals surface area contributed by atoms with E-state index in [1.165, 1.54) is 22.0 Å². The monoisotopic (exact) mass is 543 g/mol. The number of carbonyl (C=O) groups excluding carboxylic acids is 1. The van der Waals surface area contributed by atoms with Gasteiger partial charge in [0.2, 0.25) is 0 Å². The molecule has 5 rings (SSSR count). The Labute approximate surface area is 227 Å². The van der Waals surface area contributed by atoms with Crippen LogP contribution in [0.3, 0.4) is 0 Å². The molecule has 2 aromatic carbocycles. The van der Waals surface area contributed by atoms with Crippen LogP contribution in [0.25, 0.3) is 17.4 Å². The van der Waals surface area contributed by atoms with E-state index in [0.29, 0.717) is 43.3 Å². The third-order valence-corrected chi connectivity index (χ3v) is 7.64. The molecule has 0 spiro atoms. The number of hydrogen-bond donors (Lipinski definition) is 0. The van der Waals surface area contributed by atoms with Crippen LogP contribution in [0, 0.1) is 24.0 Å². The molecule has 0 amide bonds. The van der Waals surface area contributed by atoms with Gasteiger partial charge < -0.3 is 9.15 Å². The van der Waals surface area contributed by atoms with Gasteiger partial charge >= 0.3 is 5.97 Å². The minimum atomic E-state index is -0.688. The number of thiazole rings is 1. The summed E-state index contributed by atoms with van der Waals surface area (Å²) in [6, 6.07) is 15.3. The highest BCUT2D eigenvalue weighted by atomic mass is 32.1. The number of ether oxygens (including phenoxy) is 1. The van der Waals surface area contributed by atoms with Crippen molar-refractivity contribution in [2.24, 2.45) is 4.99 Å². The number of benzene rings is 2. The molecule has 198 valence electrons.